The Morgan fingerprint density at radius 1 is 1.00 bits per heavy atom. The summed E-state index contributed by atoms with van der Waals surface area (Å²) in [4.78, 5) is 2.43. The molecule has 1 aliphatic rings. The van der Waals surface area contributed by atoms with E-state index in [2.05, 4.69) is 109 Å². The molecule has 1 N–H and O–H groups in total. The summed E-state index contributed by atoms with van der Waals surface area (Å²) in [5, 5.41) is 3.73. The molecule has 166 valence electrons. The molecule has 1 aromatic rings. The molecule has 0 saturated carbocycles. The number of nitrogens with zero attached hydrogens (tertiary/aromatic N) is 1. The molecular weight excluding hydrogens is 364 g/mol. The van der Waals surface area contributed by atoms with Crippen LogP contribution in [0, 0.1) is 12.3 Å². The van der Waals surface area contributed by atoms with Gasteiger partial charge in [-0.25, -0.2) is 0 Å². The summed E-state index contributed by atoms with van der Waals surface area (Å²) >= 11 is 0. The highest BCUT2D eigenvalue weighted by atomic mass is 15.1. The molecule has 0 spiro atoms. The molecule has 0 saturated heterocycles. The van der Waals surface area contributed by atoms with Crippen LogP contribution in [0.3, 0.4) is 0 Å². The van der Waals surface area contributed by atoms with Gasteiger partial charge < -0.3 is 10.2 Å². The Kier molecular flexibility index (Phi) is 8.02. The summed E-state index contributed by atoms with van der Waals surface area (Å²) in [7, 11) is 0. The summed E-state index contributed by atoms with van der Waals surface area (Å²) in [5.74, 6) is 0. The molecule has 0 fully saturated rings. The summed E-state index contributed by atoms with van der Waals surface area (Å²) < 4.78 is 0. The van der Waals surface area contributed by atoms with Crippen LogP contribution in [-0.2, 0) is 5.41 Å². The second-order valence-electron chi connectivity index (χ2n) is 9.74. The van der Waals surface area contributed by atoms with E-state index in [4.69, 9.17) is 0 Å². The lowest BCUT2D eigenvalue weighted by molar-refractivity contribution is 0.406. The van der Waals surface area contributed by atoms with Gasteiger partial charge in [-0.3, -0.25) is 0 Å². The Labute approximate surface area is 186 Å². The van der Waals surface area contributed by atoms with Gasteiger partial charge in [0, 0.05) is 30.7 Å². The minimum atomic E-state index is 0.196. The minimum absolute atomic E-state index is 0.196. The van der Waals surface area contributed by atoms with Gasteiger partial charge in [0.05, 0.1) is 0 Å². The monoisotopic (exact) mass is 408 g/mol. The maximum Gasteiger partial charge on any atom is 0.0398 e. The third-order valence-corrected chi connectivity index (χ3v) is 7.48. The lowest BCUT2D eigenvalue weighted by Crippen LogP contribution is -2.29. The van der Waals surface area contributed by atoms with Crippen LogP contribution >= 0.6 is 0 Å². The average Bonchev–Trinajstić information content (AvgIpc) is 2.74. The molecule has 0 atom stereocenters. The number of rotatable bonds is 9. The molecule has 2 heteroatoms. The van der Waals surface area contributed by atoms with Crippen LogP contribution in [0.5, 0.6) is 0 Å². The van der Waals surface area contributed by atoms with Crippen molar-refractivity contribution in [3.8, 4) is 0 Å². The molecule has 0 bridgehead atoms. The fourth-order valence-corrected chi connectivity index (χ4v) is 4.12. The number of benzene rings is 1. The number of allylic oxidation sites excluding steroid dienone is 4. The predicted molar refractivity (Wildman–Crippen MR) is 134 cm³/mol. The SMILES string of the molecule is C/C=C1/C(C)=CC(C(C)(C)CC)=CN1CCNc1cc(C(C)(CC)CC)ccc1C. The summed E-state index contributed by atoms with van der Waals surface area (Å²) in [6.07, 6.45) is 10.4. The van der Waals surface area contributed by atoms with Crippen molar-refractivity contribution in [2.75, 3.05) is 18.4 Å². The first-order chi connectivity index (χ1) is 14.1. The van der Waals surface area contributed by atoms with Gasteiger partial charge in [-0.1, -0.05) is 65.8 Å². The van der Waals surface area contributed by atoms with Crippen molar-refractivity contribution in [2.45, 2.75) is 87.0 Å². The highest BCUT2D eigenvalue weighted by molar-refractivity contribution is 5.54. The van der Waals surface area contributed by atoms with E-state index in [1.807, 2.05) is 0 Å². The molecule has 0 aliphatic carbocycles. The molecule has 1 aromatic carbocycles. The van der Waals surface area contributed by atoms with Crippen LogP contribution in [-0.4, -0.2) is 18.0 Å². The minimum Gasteiger partial charge on any atom is -0.383 e. The van der Waals surface area contributed by atoms with E-state index in [1.54, 1.807) is 0 Å². The van der Waals surface area contributed by atoms with Gasteiger partial charge in [0.25, 0.3) is 0 Å². The topological polar surface area (TPSA) is 15.3 Å². The third kappa shape index (κ3) is 5.20. The number of hydrogen-bond acceptors (Lipinski definition) is 2. The van der Waals surface area contributed by atoms with E-state index in [1.165, 1.54) is 33.7 Å². The zero-order valence-corrected chi connectivity index (χ0v) is 20.9. The largest absolute Gasteiger partial charge is 0.383 e. The molecule has 2 rings (SSSR count). The summed E-state index contributed by atoms with van der Waals surface area (Å²) in [5.41, 5.74) is 8.58. The summed E-state index contributed by atoms with van der Waals surface area (Å²) in [6, 6.07) is 6.96. The van der Waals surface area contributed by atoms with Crippen LogP contribution in [0.15, 0.2) is 53.4 Å². The molecule has 0 unspecified atom stereocenters. The van der Waals surface area contributed by atoms with Gasteiger partial charge in [-0.05, 0) is 79.2 Å². The standard InChI is InChI=1S/C28H44N2/c1-10-26-22(6)18-24(27(7,8)11-2)20-30(26)17-16-29-25-19-23(15-14-21(25)5)28(9,12-3)13-4/h10,14-15,18-20,29H,11-13,16-17H2,1-9H3/b26-10-. The zero-order valence-electron chi connectivity index (χ0n) is 20.9. The second kappa shape index (κ2) is 9.90. The molecule has 0 aromatic heterocycles. The van der Waals surface area contributed by atoms with Crippen molar-refractivity contribution in [3.63, 3.8) is 0 Å². The van der Waals surface area contributed by atoms with Gasteiger partial charge in [0.2, 0.25) is 0 Å². The Morgan fingerprint density at radius 3 is 2.23 bits per heavy atom. The molecule has 2 nitrogen and oxygen atoms in total. The van der Waals surface area contributed by atoms with Crippen molar-refractivity contribution in [2.24, 2.45) is 5.41 Å². The molecule has 1 aliphatic heterocycles. The van der Waals surface area contributed by atoms with Crippen molar-refractivity contribution >= 4 is 5.69 Å². The van der Waals surface area contributed by atoms with Crippen LogP contribution in [0.4, 0.5) is 5.69 Å². The van der Waals surface area contributed by atoms with E-state index < -0.39 is 0 Å². The van der Waals surface area contributed by atoms with Crippen LogP contribution in [0.1, 0.15) is 85.8 Å². The Balaban J connectivity index is 2.18. The van der Waals surface area contributed by atoms with Crippen molar-refractivity contribution < 1.29 is 0 Å². The lowest BCUT2D eigenvalue weighted by atomic mass is 9.77. The quantitative estimate of drug-likeness (QED) is 0.445. The van der Waals surface area contributed by atoms with E-state index in [9.17, 15) is 0 Å². The Bertz CT molecular complexity index is 819. The van der Waals surface area contributed by atoms with Gasteiger partial charge in [-0.2, -0.15) is 0 Å². The molecule has 1 heterocycles. The maximum atomic E-state index is 3.73. The highest BCUT2D eigenvalue weighted by Crippen LogP contribution is 2.37. The van der Waals surface area contributed by atoms with Gasteiger partial charge >= 0.3 is 0 Å². The average molecular weight is 409 g/mol. The van der Waals surface area contributed by atoms with Crippen LogP contribution in [0.25, 0.3) is 0 Å². The van der Waals surface area contributed by atoms with Crippen LogP contribution in [0.2, 0.25) is 0 Å². The number of nitrogens with one attached hydrogen (secondary N) is 1. The maximum absolute atomic E-state index is 3.73. The fourth-order valence-electron chi connectivity index (χ4n) is 4.12. The van der Waals surface area contributed by atoms with E-state index in [-0.39, 0.29) is 10.8 Å². The first-order valence-corrected chi connectivity index (χ1v) is 11.8. The number of aryl methyl sites for hydroxylation is 1. The van der Waals surface area contributed by atoms with Crippen molar-refractivity contribution in [3.05, 3.63) is 64.5 Å². The molecule has 0 radical (unpaired) electrons. The first kappa shape index (κ1) is 24.3. The first-order valence-electron chi connectivity index (χ1n) is 11.8. The normalized spacial score (nSPS) is 16.6. The molecule has 0 amide bonds. The van der Waals surface area contributed by atoms with E-state index in [0.29, 0.717) is 0 Å². The Morgan fingerprint density at radius 2 is 1.67 bits per heavy atom. The Hall–Kier alpha value is -1.96. The van der Waals surface area contributed by atoms with Crippen molar-refractivity contribution in [1.82, 2.24) is 4.90 Å². The predicted octanol–water partition coefficient (Wildman–Crippen LogP) is 7.97. The zero-order chi connectivity index (χ0) is 22.5. The van der Waals surface area contributed by atoms with Crippen molar-refractivity contribution in [1.29, 1.82) is 0 Å². The van der Waals surface area contributed by atoms with Crippen LogP contribution < -0.4 is 5.32 Å². The molecular formula is C28H44N2. The van der Waals surface area contributed by atoms with E-state index >= 15 is 0 Å². The van der Waals surface area contributed by atoms with E-state index in [0.717, 1.165) is 32.4 Å². The smallest absolute Gasteiger partial charge is 0.0398 e. The van der Waals surface area contributed by atoms with Gasteiger partial charge in [-0.15, -0.1) is 0 Å². The third-order valence-electron chi connectivity index (χ3n) is 7.48. The number of anilines is 1. The highest BCUT2D eigenvalue weighted by Gasteiger charge is 2.25. The van der Waals surface area contributed by atoms with Gasteiger partial charge in [0.1, 0.15) is 0 Å². The second-order valence-corrected chi connectivity index (χ2v) is 9.74. The fraction of sp³-hybridized carbons (Fsp3) is 0.571. The van der Waals surface area contributed by atoms with Gasteiger partial charge in [0.15, 0.2) is 0 Å². The summed E-state index contributed by atoms with van der Waals surface area (Å²) in [6.45, 7) is 22.4. The molecule has 30 heavy (non-hydrogen) atoms. The number of hydrogen-bond donors (Lipinski definition) is 1. The lowest BCUT2D eigenvalue weighted by Gasteiger charge is -2.35.